The minimum atomic E-state index is 0.612. The molecule has 0 bridgehead atoms. The summed E-state index contributed by atoms with van der Waals surface area (Å²) in [5, 5.41) is 3.50. The summed E-state index contributed by atoms with van der Waals surface area (Å²) >= 11 is 0. The van der Waals surface area contributed by atoms with Crippen molar-refractivity contribution in [3.8, 4) is 0 Å². The molecule has 1 aromatic carbocycles. The Hall–Kier alpha value is -1.02. The SMILES string of the molecule is CCCCN(c1ccc(CNCC(C)C)cc1)C(C)CC. The topological polar surface area (TPSA) is 15.3 Å². The summed E-state index contributed by atoms with van der Waals surface area (Å²) in [4.78, 5) is 2.55. The summed E-state index contributed by atoms with van der Waals surface area (Å²) in [5.41, 5.74) is 2.74. The molecule has 1 unspecified atom stereocenters. The quantitative estimate of drug-likeness (QED) is 0.663. The zero-order chi connectivity index (χ0) is 15.7. The van der Waals surface area contributed by atoms with Gasteiger partial charge >= 0.3 is 0 Å². The van der Waals surface area contributed by atoms with Gasteiger partial charge in [-0.05, 0) is 49.9 Å². The van der Waals surface area contributed by atoms with E-state index >= 15 is 0 Å². The molecule has 0 saturated carbocycles. The zero-order valence-electron chi connectivity index (χ0n) is 14.7. The minimum absolute atomic E-state index is 0.612. The molecule has 0 aliphatic carbocycles. The van der Waals surface area contributed by atoms with Crippen LogP contribution >= 0.6 is 0 Å². The second-order valence-corrected chi connectivity index (χ2v) is 6.50. The second-order valence-electron chi connectivity index (χ2n) is 6.50. The lowest BCUT2D eigenvalue weighted by Crippen LogP contribution is -2.33. The van der Waals surface area contributed by atoms with Crippen LogP contribution in [-0.2, 0) is 6.54 Å². The molecule has 0 fully saturated rings. The van der Waals surface area contributed by atoms with Crippen LogP contribution in [0.5, 0.6) is 0 Å². The predicted octanol–water partition coefficient (Wildman–Crippen LogP) is 4.84. The largest absolute Gasteiger partial charge is 0.369 e. The monoisotopic (exact) mass is 290 g/mol. The number of anilines is 1. The first-order valence-electron chi connectivity index (χ1n) is 8.64. The Morgan fingerprint density at radius 3 is 2.24 bits per heavy atom. The average molecular weight is 290 g/mol. The van der Waals surface area contributed by atoms with Crippen molar-refractivity contribution in [2.24, 2.45) is 5.92 Å². The maximum absolute atomic E-state index is 3.50. The highest BCUT2D eigenvalue weighted by molar-refractivity contribution is 5.48. The predicted molar refractivity (Wildman–Crippen MR) is 95.0 cm³/mol. The van der Waals surface area contributed by atoms with Crippen LogP contribution in [0.4, 0.5) is 5.69 Å². The van der Waals surface area contributed by atoms with Crippen molar-refractivity contribution in [1.29, 1.82) is 0 Å². The van der Waals surface area contributed by atoms with E-state index in [4.69, 9.17) is 0 Å². The standard InChI is InChI=1S/C19H34N2/c1-6-8-13-21(17(5)7-2)19-11-9-18(10-12-19)15-20-14-16(3)4/h9-12,16-17,20H,6-8,13-15H2,1-5H3. The van der Waals surface area contributed by atoms with Crippen LogP contribution < -0.4 is 10.2 Å². The summed E-state index contributed by atoms with van der Waals surface area (Å²) in [6.07, 6.45) is 3.72. The normalized spacial score (nSPS) is 12.7. The highest BCUT2D eigenvalue weighted by atomic mass is 15.2. The van der Waals surface area contributed by atoms with Crippen molar-refractivity contribution < 1.29 is 0 Å². The molecule has 1 atom stereocenters. The van der Waals surface area contributed by atoms with Crippen LogP contribution in [0.3, 0.4) is 0 Å². The van der Waals surface area contributed by atoms with E-state index in [0.29, 0.717) is 12.0 Å². The molecule has 0 amide bonds. The first-order valence-corrected chi connectivity index (χ1v) is 8.64. The van der Waals surface area contributed by atoms with E-state index in [9.17, 15) is 0 Å². The third kappa shape index (κ3) is 6.52. The van der Waals surface area contributed by atoms with Crippen LogP contribution in [0.25, 0.3) is 0 Å². The van der Waals surface area contributed by atoms with E-state index in [2.05, 4.69) is 69.1 Å². The van der Waals surface area contributed by atoms with Gasteiger partial charge < -0.3 is 10.2 Å². The molecule has 21 heavy (non-hydrogen) atoms. The molecular formula is C19H34N2. The number of nitrogens with zero attached hydrogens (tertiary/aromatic N) is 1. The molecule has 0 aromatic heterocycles. The molecule has 1 rings (SSSR count). The van der Waals surface area contributed by atoms with Gasteiger partial charge in [-0.1, -0.05) is 46.2 Å². The Morgan fingerprint density at radius 2 is 1.71 bits per heavy atom. The molecule has 0 aliphatic heterocycles. The van der Waals surface area contributed by atoms with Gasteiger partial charge in [-0.25, -0.2) is 0 Å². The van der Waals surface area contributed by atoms with Gasteiger partial charge in [-0.2, -0.15) is 0 Å². The third-order valence-electron chi connectivity index (χ3n) is 4.03. The van der Waals surface area contributed by atoms with Crippen molar-refractivity contribution in [3.05, 3.63) is 29.8 Å². The minimum Gasteiger partial charge on any atom is -0.369 e. The number of nitrogens with one attached hydrogen (secondary N) is 1. The van der Waals surface area contributed by atoms with Crippen molar-refractivity contribution in [1.82, 2.24) is 5.32 Å². The Bertz CT molecular complexity index is 370. The van der Waals surface area contributed by atoms with E-state index in [-0.39, 0.29) is 0 Å². The van der Waals surface area contributed by atoms with Gasteiger partial charge in [-0.3, -0.25) is 0 Å². The molecular weight excluding hydrogens is 256 g/mol. The highest BCUT2D eigenvalue weighted by Gasteiger charge is 2.12. The maximum atomic E-state index is 3.50. The fourth-order valence-electron chi connectivity index (χ4n) is 2.46. The van der Waals surface area contributed by atoms with Gasteiger partial charge in [0.2, 0.25) is 0 Å². The Morgan fingerprint density at radius 1 is 1.05 bits per heavy atom. The van der Waals surface area contributed by atoms with Crippen LogP contribution in [0, 0.1) is 5.92 Å². The molecule has 1 N–H and O–H groups in total. The number of unbranched alkanes of at least 4 members (excludes halogenated alkanes) is 1. The highest BCUT2D eigenvalue weighted by Crippen LogP contribution is 2.20. The first-order chi connectivity index (χ1) is 10.1. The van der Waals surface area contributed by atoms with Gasteiger partial charge in [-0.15, -0.1) is 0 Å². The molecule has 0 spiro atoms. The Balaban J connectivity index is 2.64. The van der Waals surface area contributed by atoms with Gasteiger partial charge in [0.25, 0.3) is 0 Å². The van der Waals surface area contributed by atoms with Crippen LogP contribution in [0.2, 0.25) is 0 Å². The molecule has 0 radical (unpaired) electrons. The lowest BCUT2D eigenvalue weighted by molar-refractivity contribution is 0.552. The second kappa shape index (κ2) is 9.83. The van der Waals surface area contributed by atoms with Gasteiger partial charge in [0.15, 0.2) is 0 Å². The number of benzene rings is 1. The van der Waals surface area contributed by atoms with Crippen molar-refractivity contribution in [3.63, 3.8) is 0 Å². The summed E-state index contributed by atoms with van der Waals surface area (Å²) in [6.45, 7) is 14.6. The summed E-state index contributed by atoms with van der Waals surface area (Å²) < 4.78 is 0. The zero-order valence-corrected chi connectivity index (χ0v) is 14.7. The fraction of sp³-hybridized carbons (Fsp3) is 0.684. The number of hydrogen-bond acceptors (Lipinski definition) is 2. The molecule has 0 aliphatic rings. The van der Waals surface area contributed by atoms with Crippen molar-refractivity contribution in [2.45, 2.75) is 66.5 Å². The molecule has 1 aromatic rings. The van der Waals surface area contributed by atoms with E-state index in [1.165, 1.54) is 30.5 Å². The number of hydrogen-bond donors (Lipinski definition) is 1. The van der Waals surface area contributed by atoms with Crippen molar-refractivity contribution in [2.75, 3.05) is 18.0 Å². The summed E-state index contributed by atoms with van der Waals surface area (Å²) in [5.74, 6) is 0.708. The Labute approximate surface area is 131 Å². The smallest absolute Gasteiger partial charge is 0.0368 e. The van der Waals surface area contributed by atoms with Crippen LogP contribution in [0.15, 0.2) is 24.3 Å². The Kier molecular flexibility index (Phi) is 8.44. The lowest BCUT2D eigenvalue weighted by atomic mass is 10.1. The third-order valence-corrected chi connectivity index (χ3v) is 4.03. The van der Waals surface area contributed by atoms with E-state index in [1.807, 2.05) is 0 Å². The molecule has 120 valence electrons. The molecule has 0 saturated heterocycles. The van der Waals surface area contributed by atoms with Gasteiger partial charge in [0.1, 0.15) is 0 Å². The van der Waals surface area contributed by atoms with E-state index in [0.717, 1.165) is 19.6 Å². The number of rotatable bonds is 10. The van der Waals surface area contributed by atoms with E-state index < -0.39 is 0 Å². The van der Waals surface area contributed by atoms with Gasteiger partial charge in [0, 0.05) is 24.8 Å². The van der Waals surface area contributed by atoms with Crippen molar-refractivity contribution >= 4 is 5.69 Å². The maximum Gasteiger partial charge on any atom is 0.0368 e. The van der Waals surface area contributed by atoms with E-state index in [1.54, 1.807) is 0 Å². The fourth-order valence-corrected chi connectivity index (χ4v) is 2.46. The summed E-state index contributed by atoms with van der Waals surface area (Å²) in [6, 6.07) is 9.72. The first kappa shape index (κ1) is 18.0. The van der Waals surface area contributed by atoms with Gasteiger partial charge in [0.05, 0.1) is 0 Å². The average Bonchev–Trinajstić information content (AvgIpc) is 2.48. The van der Waals surface area contributed by atoms with Crippen LogP contribution in [0.1, 0.15) is 59.4 Å². The molecule has 2 nitrogen and oxygen atoms in total. The lowest BCUT2D eigenvalue weighted by Gasteiger charge is -2.31. The molecule has 2 heteroatoms. The molecule has 0 heterocycles. The van der Waals surface area contributed by atoms with Crippen LogP contribution in [-0.4, -0.2) is 19.1 Å². The summed E-state index contributed by atoms with van der Waals surface area (Å²) in [7, 11) is 0.